The molecule has 112 valence electrons. The molecule has 0 spiro atoms. The van der Waals surface area contributed by atoms with Gasteiger partial charge in [-0.3, -0.25) is 4.79 Å². The third-order valence-electron chi connectivity index (χ3n) is 3.37. The minimum Gasteiger partial charge on any atom is -0.480 e. The predicted octanol–water partition coefficient (Wildman–Crippen LogP) is 3.47. The molecule has 0 radical (unpaired) electrons. The highest BCUT2D eigenvalue weighted by molar-refractivity contribution is 6.34. The maximum Gasteiger partial charge on any atom is 0.326 e. The molecule has 0 aromatic heterocycles. The van der Waals surface area contributed by atoms with E-state index in [1.165, 1.54) is 11.0 Å². The molecule has 1 aliphatic heterocycles. The number of piperidine rings is 1. The Balaban J connectivity index is 2.12. The summed E-state index contributed by atoms with van der Waals surface area (Å²) >= 11 is 11.8. The van der Waals surface area contributed by atoms with Crippen molar-refractivity contribution in [3.8, 4) is 0 Å². The lowest BCUT2D eigenvalue weighted by atomic mass is 10.0. The van der Waals surface area contributed by atoms with Crippen molar-refractivity contribution in [2.45, 2.75) is 25.3 Å². The van der Waals surface area contributed by atoms with Gasteiger partial charge in [-0.1, -0.05) is 23.2 Å². The Morgan fingerprint density at radius 3 is 2.48 bits per heavy atom. The first-order chi connectivity index (χ1) is 9.97. The highest BCUT2D eigenvalue weighted by Crippen LogP contribution is 2.21. The van der Waals surface area contributed by atoms with Gasteiger partial charge in [-0.2, -0.15) is 0 Å². The number of carbonyl (C=O) groups excluding carboxylic acids is 1. The van der Waals surface area contributed by atoms with E-state index < -0.39 is 12.0 Å². The Bertz CT molecular complexity index is 566. The topological polar surface area (TPSA) is 57.6 Å². The molecule has 0 unspecified atom stereocenters. The van der Waals surface area contributed by atoms with Gasteiger partial charge in [-0.15, -0.1) is 0 Å². The van der Waals surface area contributed by atoms with Gasteiger partial charge in [0.2, 0.25) is 5.91 Å². The number of carbonyl (C=O) groups is 2. The van der Waals surface area contributed by atoms with E-state index in [1.54, 1.807) is 24.3 Å². The molecular formula is C15H15Cl2NO3. The average molecular weight is 328 g/mol. The summed E-state index contributed by atoms with van der Waals surface area (Å²) in [6.07, 6.45) is 5.11. The molecule has 0 saturated carbocycles. The quantitative estimate of drug-likeness (QED) is 0.865. The van der Waals surface area contributed by atoms with E-state index in [1.807, 2.05) is 0 Å². The van der Waals surface area contributed by atoms with E-state index in [9.17, 15) is 9.59 Å². The van der Waals surface area contributed by atoms with Crippen LogP contribution in [0.4, 0.5) is 0 Å². The average Bonchev–Trinajstić information content (AvgIpc) is 2.43. The summed E-state index contributed by atoms with van der Waals surface area (Å²) in [6, 6.07) is 4.23. The zero-order valence-electron chi connectivity index (χ0n) is 11.3. The summed E-state index contributed by atoms with van der Waals surface area (Å²) in [6.45, 7) is 0.469. The largest absolute Gasteiger partial charge is 0.480 e. The molecule has 1 aliphatic rings. The van der Waals surface area contributed by atoms with Crippen molar-refractivity contribution < 1.29 is 14.7 Å². The third kappa shape index (κ3) is 4.22. The van der Waals surface area contributed by atoms with Crippen LogP contribution in [0.1, 0.15) is 24.8 Å². The number of benzene rings is 1. The number of carboxylic acid groups (broad SMARTS) is 1. The van der Waals surface area contributed by atoms with Crippen LogP contribution >= 0.6 is 23.2 Å². The Kier molecular flexibility index (Phi) is 5.26. The highest BCUT2D eigenvalue weighted by Gasteiger charge is 2.30. The maximum atomic E-state index is 12.2. The number of halogens is 2. The first kappa shape index (κ1) is 15.9. The van der Waals surface area contributed by atoms with Crippen LogP contribution in [0, 0.1) is 0 Å². The summed E-state index contributed by atoms with van der Waals surface area (Å²) in [4.78, 5) is 24.7. The van der Waals surface area contributed by atoms with Crippen LogP contribution in [0.2, 0.25) is 10.0 Å². The monoisotopic (exact) mass is 327 g/mol. The highest BCUT2D eigenvalue weighted by atomic mass is 35.5. The molecule has 0 bridgehead atoms. The first-order valence-electron chi connectivity index (χ1n) is 6.65. The maximum absolute atomic E-state index is 12.2. The van der Waals surface area contributed by atoms with Crippen molar-refractivity contribution in [1.29, 1.82) is 0 Å². The second-order valence-corrected chi connectivity index (χ2v) is 5.79. The molecule has 21 heavy (non-hydrogen) atoms. The van der Waals surface area contributed by atoms with Crippen molar-refractivity contribution >= 4 is 41.2 Å². The normalized spacial score (nSPS) is 19.0. The molecule has 4 nitrogen and oxygen atoms in total. The number of rotatable bonds is 3. The summed E-state index contributed by atoms with van der Waals surface area (Å²) in [5.41, 5.74) is 0.699. The Morgan fingerprint density at radius 2 is 1.86 bits per heavy atom. The van der Waals surface area contributed by atoms with Gasteiger partial charge in [-0.05, 0) is 49.1 Å². The van der Waals surface area contributed by atoms with Crippen LogP contribution in [-0.4, -0.2) is 34.5 Å². The van der Waals surface area contributed by atoms with E-state index in [-0.39, 0.29) is 5.91 Å². The van der Waals surface area contributed by atoms with Crippen LogP contribution in [0.5, 0.6) is 0 Å². The van der Waals surface area contributed by atoms with Gasteiger partial charge in [0.1, 0.15) is 6.04 Å². The van der Waals surface area contributed by atoms with Gasteiger partial charge in [-0.25, -0.2) is 4.79 Å². The second-order valence-electron chi connectivity index (χ2n) is 4.92. The lowest BCUT2D eigenvalue weighted by molar-refractivity contribution is -0.150. The van der Waals surface area contributed by atoms with Crippen LogP contribution in [0.3, 0.4) is 0 Å². The molecule has 1 aromatic rings. The third-order valence-corrected chi connectivity index (χ3v) is 3.81. The van der Waals surface area contributed by atoms with Crippen LogP contribution in [0.25, 0.3) is 6.08 Å². The van der Waals surface area contributed by atoms with E-state index >= 15 is 0 Å². The number of aliphatic carboxylic acids is 1. The molecule has 1 atom stereocenters. The van der Waals surface area contributed by atoms with Crippen LogP contribution in [0.15, 0.2) is 24.3 Å². The summed E-state index contributed by atoms with van der Waals surface area (Å²) in [5.74, 6) is -1.26. The first-order valence-corrected chi connectivity index (χ1v) is 7.40. The zero-order chi connectivity index (χ0) is 15.4. The van der Waals surface area contributed by atoms with Gasteiger partial charge < -0.3 is 10.0 Å². The molecule has 1 heterocycles. The molecule has 1 N–H and O–H groups in total. The van der Waals surface area contributed by atoms with Gasteiger partial charge in [0.25, 0.3) is 0 Å². The fourth-order valence-corrected chi connectivity index (χ4v) is 2.93. The fourth-order valence-electron chi connectivity index (χ4n) is 2.39. The number of hydrogen-bond acceptors (Lipinski definition) is 2. The van der Waals surface area contributed by atoms with Crippen molar-refractivity contribution in [1.82, 2.24) is 4.90 Å². The Morgan fingerprint density at radius 1 is 1.19 bits per heavy atom. The molecule has 0 aliphatic carbocycles. The predicted molar refractivity (Wildman–Crippen MR) is 82.5 cm³/mol. The summed E-state index contributed by atoms with van der Waals surface area (Å²) in [5, 5.41) is 10.1. The molecule has 1 aromatic carbocycles. The van der Waals surface area contributed by atoms with Gasteiger partial charge in [0.05, 0.1) is 0 Å². The van der Waals surface area contributed by atoms with Crippen molar-refractivity contribution in [3.05, 3.63) is 39.9 Å². The smallest absolute Gasteiger partial charge is 0.326 e. The summed E-state index contributed by atoms with van der Waals surface area (Å²) < 4.78 is 0. The SMILES string of the molecule is O=C(O)[C@@H]1CCCCN1C(=O)C=Cc1cc(Cl)cc(Cl)c1. The molecule has 1 amide bonds. The standard InChI is InChI=1S/C15H15Cl2NO3/c16-11-7-10(8-12(17)9-11)4-5-14(19)18-6-2-1-3-13(18)15(20)21/h4-5,7-9,13H,1-3,6H2,(H,20,21)/t13-/m0/s1. The van der Waals surface area contributed by atoms with Crippen molar-refractivity contribution in [3.63, 3.8) is 0 Å². The lowest BCUT2D eigenvalue weighted by Crippen LogP contribution is -2.47. The zero-order valence-corrected chi connectivity index (χ0v) is 12.8. The number of carboxylic acids is 1. The summed E-state index contributed by atoms with van der Waals surface area (Å²) in [7, 11) is 0. The van der Waals surface area contributed by atoms with Crippen LogP contribution in [-0.2, 0) is 9.59 Å². The minimum absolute atomic E-state index is 0.307. The van der Waals surface area contributed by atoms with Crippen molar-refractivity contribution in [2.24, 2.45) is 0 Å². The molecule has 1 fully saturated rings. The van der Waals surface area contributed by atoms with E-state index in [0.717, 1.165) is 12.8 Å². The molecule has 1 saturated heterocycles. The lowest BCUT2D eigenvalue weighted by Gasteiger charge is -2.32. The van der Waals surface area contributed by atoms with E-state index in [0.29, 0.717) is 28.6 Å². The minimum atomic E-state index is -0.956. The Labute approximate surface area is 133 Å². The molecule has 6 heteroatoms. The van der Waals surface area contributed by atoms with E-state index in [2.05, 4.69) is 0 Å². The fraction of sp³-hybridized carbons (Fsp3) is 0.333. The number of nitrogens with zero attached hydrogens (tertiary/aromatic N) is 1. The van der Waals surface area contributed by atoms with Gasteiger partial charge >= 0.3 is 5.97 Å². The van der Waals surface area contributed by atoms with E-state index in [4.69, 9.17) is 28.3 Å². The van der Waals surface area contributed by atoms with Crippen LogP contribution < -0.4 is 0 Å². The number of amides is 1. The van der Waals surface area contributed by atoms with Crippen molar-refractivity contribution in [2.75, 3.05) is 6.54 Å². The number of hydrogen-bond donors (Lipinski definition) is 1. The van der Waals surface area contributed by atoms with Gasteiger partial charge in [0.15, 0.2) is 0 Å². The molecule has 2 rings (SSSR count). The molecular weight excluding hydrogens is 313 g/mol. The van der Waals surface area contributed by atoms with Gasteiger partial charge in [0, 0.05) is 22.7 Å². The number of likely N-dealkylation sites (tertiary alicyclic amines) is 1. The second kappa shape index (κ2) is 6.96. The Hall–Kier alpha value is -1.52.